The van der Waals surface area contributed by atoms with Crippen molar-refractivity contribution in [2.45, 2.75) is 6.54 Å². The minimum atomic E-state index is -0.271. The lowest BCUT2D eigenvalue weighted by atomic mass is 10.3. The topological polar surface area (TPSA) is 21.1 Å². The standard InChI is InChI=1S/C12H13BrFN3/c1-16(2)8-12-15-5-6-17(12)9-3-4-10(13)11(14)7-9/h3-7H,8H2,1-2H3. The molecule has 0 N–H and O–H groups in total. The SMILES string of the molecule is CN(C)Cc1nccn1-c1ccc(Br)c(F)c1. The number of benzene rings is 1. The van der Waals surface area contributed by atoms with Crippen LogP contribution < -0.4 is 0 Å². The second kappa shape index (κ2) is 4.98. The number of nitrogens with zero attached hydrogens (tertiary/aromatic N) is 3. The number of hydrogen-bond acceptors (Lipinski definition) is 2. The van der Waals surface area contributed by atoms with E-state index < -0.39 is 0 Å². The predicted octanol–water partition coefficient (Wildman–Crippen LogP) is 2.84. The maximum atomic E-state index is 13.5. The van der Waals surface area contributed by atoms with Crippen molar-refractivity contribution < 1.29 is 4.39 Å². The van der Waals surface area contributed by atoms with Gasteiger partial charge in [0.15, 0.2) is 0 Å². The Bertz CT molecular complexity index is 522. The van der Waals surface area contributed by atoms with E-state index in [4.69, 9.17) is 0 Å². The predicted molar refractivity (Wildman–Crippen MR) is 68.6 cm³/mol. The molecule has 0 bridgehead atoms. The molecular weight excluding hydrogens is 285 g/mol. The molecule has 0 saturated heterocycles. The summed E-state index contributed by atoms with van der Waals surface area (Å²) in [4.78, 5) is 6.29. The average molecular weight is 298 g/mol. The molecule has 90 valence electrons. The highest BCUT2D eigenvalue weighted by Crippen LogP contribution is 2.20. The Balaban J connectivity index is 2.39. The van der Waals surface area contributed by atoms with Gasteiger partial charge >= 0.3 is 0 Å². The normalized spacial score (nSPS) is 11.1. The summed E-state index contributed by atoms with van der Waals surface area (Å²) in [5.41, 5.74) is 0.778. The molecular formula is C12H13BrFN3. The Morgan fingerprint density at radius 1 is 1.41 bits per heavy atom. The van der Waals surface area contributed by atoms with Crippen molar-refractivity contribution in [3.63, 3.8) is 0 Å². The summed E-state index contributed by atoms with van der Waals surface area (Å²) in [6.07, 6.45) is 3.56. The zero-order valence-corrected chi connectivity index (χ0v) is 11.3. The van der Waals surface area contributed by atoms with Gasteiger partial charge in [-0.15, -0.1) is 0 Å². The van der Waals surface area contributed by atoms with Crippen molar-refractivity contribution in [2.75, 3.05) is 14.1 Å². The van der Waals surface area contributed by atoms with E-state index in [2.05, 4.69) is 20.9 Å². The van der Waals surface area contributed by atoms with E-state index in [1.165, 1.54) is 6.07 Å². The Kier molecular flexibility index (Phi) is 3.59. The molecule has 0 aliphatic carbocycles. The van der Waals surface area contributed by atoms with E-state index in [9.17, 15) is 4.39 Å². The third-order valence-electron chi connectivity index (χ3n) is 2.36. The van der Waals surface area contributed by atoms with Gasteiger partial charge in [-0.05, 0) is 48.2 Å². The molecule has 1 aromatic carbocycles. The number of hydrogen-bond donors (Lipinski definition) is 0. The molecule has 0 aliphatic heterocycles. The first-order chi connectivity index (χ1) is 8.08. The maximum absolute atomic E-state index is 13.5. The third-order valence-corrected chi connectivity index (χ3v) is 3.00. The highest BCUT2D eigenvalue weighted by atomic mass is 79.9. The van der Waals surface area contributed by atoms with Crippen LogP contribution in [0.4, 0.5) is 4.39 Å². The van der Waals surface area contributed by atoms with Crippen LogP contribution in [-0.4, -0.2) is 28.5 Å². The molecule has 0 aliphatic rings. The van der Waals surface area contributed by atoms with Crippen LogP contribution in [0.5, 0.6) is 0 Å². The fourth-order valence-corrected chi connectivity index (χ4v) is 1.85. The van der Waals surface area contributed by atoms with Gasteiger partial charge in [0.25, 0.3) is 0 Å². The molecule has 3 nitrogen and oxygen atoms in total. The monoisotopic (exact) mass is 297 g/mol. The molecule has 2 aromatic rings. The number of halogens is 2. The Morgan fingerprint density at radius 2 is 2.18 bits per heavy atom. The van der Waals surface area contributed by atoms with Crippen molar-refractivity contribution >= 4 is 15.9 Å². The molecule has 0 saturated carbocycles. The van der Waals surface area contributed by atoms with Crippen molar-refractivity contribution in [3.8, 4) is 5.69 Å². The van der Waals surface area contributed by atoms with Gasteiger partial charge in [-0.3, -0.25) is 0 Å². The van der Waals surface area contributed by atoms with Crippen LogP contribution in [0.2, 0.25) is 0 Å². The van der Waals surface area contributed by atoms with Crippen LogP contribution in [0.25, 0.3) is 5.69 Å². The second-order valence-corrected chi connectivity index (χ2v) is 4.90. The molecule has 0 amide bonds. The summed E-state index contributed by atoms with van der Waals surface area (Å²) in [5.74, 6) is 0.615. The first kappa shape index (κ1) is 12.3. The van der Waals surface area contributed by atoms with Crippen molar-refractivity contribution in [3.05, 3.63) is 46.7 Å². The fraction of sp³-hybridized carbons (Fsp3) is 0.250. The van der Waals surface area contributed by atoms with E-state index in [0.29, 0.717) is 11.0 Å². The van der Waals surface area contributed by atoms with Crippen LogP contribution in [0.3, 0.4) is 0 Å². The zero-order chi connectivity index (χ0) is 12.4. The molecule has 2 rings (SSSR count). The zero-order valence-electron chi connectivity index (χ0n) is 9.69. The summed E-state index contributed by atoms with van der Waals surface area (Å²) in [6.45, 7) is 0.713. The minimum Gasteiger partial charge on any atom is -0.303 e. The van der Waals surface area contributed by atoms with E-state index in [0.717, 1.165) is 11.5 Å². The molecule has 0 fully saturated rings. The first-order valence-electron chi connectivity index (χ1n) is 5.20. The highest BCUT2D eigenvalue weighted by Gasteiger charge is 2.08. The summed E-state index contributed by atoms with van der Waals surface area (Å²) in [6, 6.07) is 5.04. The van der Waals surface area contributed by atoms with Gasteiger partial charge in [0.05, 0.1) is 11.0 Å². The number of imidazole rings is 1. The Morgan fingerprint density at radius 3 is 2.82 bits per heavy atom. The number of aromatic nitrogens is 2. The molecule has 1 aromatic heterocycles. The van der Waals surface area contributed by atoms with Crippen molar-refractivity contribution in [1.29, 1.82) is 0 Å². The maximum Gasteiger partial charge on any atom is 0.139 e. The molecule has 1 heterocycles. The van der Waals surface area contributed by atoms with Gasteiger partial charge in [0.2, 0.25) is 0 Å². The van der Waals surface area contributed by atoms with Crippen molar-refractivity contribution in [2.24, 2.45) is 0 Å². The van der Waals surface area contributed by atoms with Gasteiger partial charge in [-0.1, -0.05) is 0 Å². The van der Waals surface area contributed by atoms with Crippen LogP contribution in [0, 0.1) is 5.82 Å². The molecule has 5 heteroatoms. The van der Waals surface area contributed by atoms with Gasteiger partial charge in [-0.25, -0.2) is 9.37 Å². The van der Waals surface area contributed by atoms with Gasteiger partial charge in [0.1, 0.15) is 11.6 Å². The van der Waals surface area contributed by atoms with Crippen LogP contribution in [0.15, 0.2) is 35.1 Å². The molecule has 0 radical (unpaired) electrons. The first-order valence-corrected chi connectivity index (χ1v) is 5.99. The van der Waals surface area contributed by atoms with E-state index >= 15 is 0 Å². The quantitative estimate of drug-likeness (QED) is 0.869. The molecule has 0 atom stereocenters. The second-order valence-electron chi connectivity index (χ2n) is 4.05. The summed E-state index contributed by atoms with van der Waals surface area (Å²) in [7, 11) is 3.95. The number of rotatable bonds is 3. The lowest BCUT2D eigenvalue weighted by Crippen LogP contribution is -2.14. The molecule has 0 spiro atoms. The van der Waals surface area contributed by atoms with Gasteiger partial charge in [0, 0.05) is 18.1 Å². The molecule has 0 unspecified atom stereocenters. The largest absolute Gasteiger partial charge is 0.303 e. The van der Waals surface area contributed by atoms with E-state index in [1.54, 1.807) is 12.3 Å². The van der Waals surface area contributed by atoms with Crippen molar-refractivity contribution in [1.82, 2.24) is 14.5 Å². The van der Waals surface area contributed by atoms with Crippen LogP contribution >= 0.6 is 15.9 Å². The van der Waals surface area contributed by atoms with Crippen LogP contribution in [0.1, 0.15) is 5.82 Å². The third kappa shape index (κ3) is 2.73. The summed E-state index contributed by atoms with van der Waals surface area (Å²) < 4.78 is 15.8. The smallest absolute Gasteiger partial charge is 0.139 e. The van der Waals surface area contributed by atoms with Gasteiger partial charge < -0.3 is 9.47 Å². The molecule has 17 heavy (non-hydrogen) atoms. The fourth-order valence-electron chi connectivity index (χ4n) is 1.60. The van der Waals surface area contributed by atoms with Crippen LogP contribution in [-0.2, 0) is 6.54 Å². The Labute approximate surface area is 108 Å². The van der Waals surface area contributed by atoms with E-state index in [1.807, 2.05) is 35.8 Å². The average Bonchev–Trinajstić information content (AvgIpc) is 2.69. The highest BCUT2D eigenvalue weighted by molar-refractivity contribution is 9.10. The summed E-state index contributed by atoms with van der Waals surface area (Å²) >= 11 is 3.14. The minimum absolute atomic E-state index is 0.271. The summed E-state index contributed by atoms with van der Waals surface area (Å²) in [5, 5.41) is 0. The lowest BCUT2D eigenvalue weighted by molar-refractivity contribution is 0.388. The Hall–Kier alpha value is -1.20. The van der Waals surface area contributed by atoms with Gasteiger partial charge in [-0.2, -0.15) is 0 Å². The lowest BCUT2D eigenvalue weighted by Gasteiger charge is -2.12. The van der Waals surface area contributed by atoms with E-state index in [-0.39, 0.29) is 5.82 Å².